The zero-order valence-electron chi connectivity index (χ0n) is 11.3. The monoisotopic (exact) mass is 253 g/mol. The number of imidazole rings is 1. The smallest absolute Gasteiger partial charge is 0.132 e. The molecule has 1 aromatic heterocycles. The zero-order chi connectivity index (χ0) is 13.0. The topological polar surface area (TPSA) is 43.8 Å². The fourth-order valence-electron chi connectivity index (χ4n) is 2.85. The highest BCUT2D eigenvalue weighted by Gasteiger charge is 2.36. The summed E-state index contributed by atoms with van der Waals surface area (Å²) in [6.45, 7) is 2.13. The van der Waals surface area contributed by atoms with Crippen molar-refractivity contribution in [1.29, 1.82) is 0 Å². The summed E-state index contributed by atoms with van der Waals surface area (Å²) >= 11 is 0. The molecule has 0 atom stereocenters. The summed E-state index contributed by atoms with van der Waals surface area (Å²) in [6, 6.07) is 8.99. The number of anilines is 1. The molecule has 98 valence electrons. The molecule has 1 aromatic carbocycles. The van der Waals surface area contributed by atoms with E-state index in [2.05, 4.69) is 35.8 Å². The first kappa shape index (κ1) is 11.1. The largest absolute Gasteiger partial charge is 0.383 e. The standard InChI is InChI=1S/C16H19N3/c1-10-4-2-3-5-13(10)14-15(17)19(12-8-9-12)16(18-14)11-6-7-11/h2-5,11-12H,6-9,17H2,1H3. The van der Waals surface area contributed by atoms with Gasteiger partial charge >= 0.3 is 0 Å². The molecule has 0 bridgehead atoms. The Balaban J connectivity index is 1.89. The van der Waals surface area contributed by atoms with Crippen molar-refractivity contribution < 1.29 is 0 Å². The van der Waals surface area contributed by atoms with Crippen molar-refractivity contribution >= 4 is 5.82 Å². The lowest BCUT2D eigenvalue weighted by Gasteiger charge is -2.07. The average Bonchev–Trinajstić information content (AvgIpc) is 3.29. The van der Waals surface area contributed by atoms with Crippen molar-refractivity contribution in [2.45, 2.75) is 44.6 Å². The number of aromatic nitrogens is 2. The van der Waals surface area contributed by atoms with Crippen molar-refractivity contribution in [1.82, 2.24) is 9.55 Å². The van der Waals surface area contributed by atoms with Gasteiger partial charge in [0.15, 0.2) is 0 Å². The molecule has 2 aliphatic rings. The van der Waals surface area contributed by atoms with Gasteiger partial charge in [-0.3, -0.25) is 0 Å². The van der Waals surface area contributed by atoms with E-state index in [0.717, 1.165) is 11.5 Å². The van der Waals surface area contributed by atoms with Crippen LogP contribution in [-0.2, 0) is 0 Å². The third kappa shape index (κ3) is 1.76. The van der Waals surface area contributed by atoms with Crippen LogP contribution in [0.4, 0.5) is 5.82 Å². The van der Waals surface area contributed by atoms with Crippen LogP contribution in [0.25, 0.3) is 11.3 Å². The second-order valence-electron chi connectivity index (χ2n) is 5.89. The van der Waals surface area contributed by atoms with Crippen molar-refractivity contribution in [3.05, 3.63) is 35.7 Å². The molecule has 0 spiro atoms. The molecule has 4 rings (SSSR count). The van der Waals surface area contributed by atoms with Gasteiger partial charge in [0.25, 0.3) is 0 Å². The molecule has 0 aliphatic heterocycles. The van der Waals surface area contributed by atoms with E-state index in [4.69, 9.17) is 10.7 Å². The van der Waals surface area contributed by atoms with Crippen LogP contribution >= 0.6 is 0 Å². The predicted octanol–water partition coefficient (Wildman–Crippen LogP) is 3.65. The van der Waals surface area contributed by atoms with Crippen LogP contribution in [0.3, 0.4) is 0 Å². The fourth-order valence-corrected chi connectivity index (χ4v) is 2.85. The summed E-state index contributed by atoms with van der Waals surface area (Å²) in [5, 5.41) is 0. The molecule has 1 heterocycles. The van der Waals surface area contributed by atoms with Crippen LogP contribution in [0, 0.1) is 6.92 Å². The van der Waals surface area contributed by atoms with Gasteiger partial charge in [-0.1, -0.05) is 24.3 Å². The van der Waals surface area contributed by atoms with E-state index >= 15 is 0 Å². The van der Waals surface area contributed by atoms with Crippen LogP contribution in [0.5, 0.6) is 0 Å². The Morgan fingerprint density at radius 1 is 1.16 bits per heavy atom. The zero-order valence-corrected chi connectivity index (χ0v) is 11.3. The van der Waals surface area contributed by atoms with E-state index in [1.807, 2.05) is 0 Å². The maximum atomic E-state index is 6.41. The molecular weight excluding hydrogens is 234 g/mol. The van der Waals surface area contributed by atoms with Gasteiger partial charge in [-0.25, -0.2) is 4.98 Å². The van der Waals surface area contributed by atoms with Crippen LogP contribution in [0.1, 0.15) is 49.0 Å². The lowest BCUT2D eigenvalue weighted by atomic mass is 10.1. The van der Waals surface area contributed by atoms with Crippen LogP contribution < -0.4 is 5.73 Å². The Morgan fingerprint density at radius 2 is 1.89 bits per heavy atom. The van der Waals surface area contributed by atoms with Gasteiger partial charge in [0.05, 0.1) is 0 Å². The molecule has 19 heavy (non-hydrogen) atoms. The van der Waals surface area contributed by atoms with Crippen molar-refractivity contribution in [3.63, 3.8) is 0 Å². The maximum absolute atomic E-state index is 6.41. The van der Waals surface area contributed by atoms with Gasteiger partial charge < -0.3 is 10.3 Å². The molecule has 0 amide bonds. The number of nitrogen functional groups attached to an aromatic ring is 1. The Bertz CT molecular complexity index is 633. The molecule has 0 radical (unpaired) electrons. The number of nitrogens with two attached hydrogens (primary N) is 1. The lowest BCUT2D eigenvalue weighted by Crippen LogP contribution is -2.04. The van der Waals surface area contributed by atoms with E-state index in [-0.39, 0.29) is 0 Å². The predicted molar refractivity (Wildman–Crippen MR) is 77.1 cm³/mol. The first-order valence-electron chi connectivity index (χ1n) is 7.19. The minimum Gasteiger partial charge on any atom is -0.383 e. The average molecular weight is 253 g/mol. The Hall–Kier alpha value is -1.77. The number of nitrogens with zero attached hydrogens (tertiary/aromatic N) is 2. The number of hydrogen-bond donors (Lipinski definition) is 1. The Morgan fingerprint density at radius 3 is 2.53 bits per heavy atom. The molecule has 3 nitrogen and oxygen atoms in total. The quantitative estimate of drug-likeness (QED) is 0.907. The van der Waals surface area contributed by atoms with Gasteiger partial charge in [0, 0.05) is 17.5 Å². The van der Waals surface area contributed by atoms with Crippen molar-refractivity contribution in [2.75, 3.05) is 5.73 Å². The minimum atomic E-state index is 0.612. The first-order chi connectivity index (χ1) is 9.25. The number of benzene rings is 1. The van der Waals surface area contributed by atoms with E-state index in [0.29, 0.717) is 12.0 Å². The normalized spacial score (nSPS) is 18.8. The van der Waals surface area contributed by atoms with Crippen molar-refractivity contribution in [2.24, 2.45) is 0 Å². The number of hydrogen-bond acceptors (Lipinski definition) is 2. The number of rotatable bonds is 3. The Kier molecular flexibility index (Phi) is 2.25. The van der Waals surface area contributed by atoms with E-state index in [9.17, 15) is 0 Å². The van der Waals surface area contributed by atoms with Gasteiger partial charge in [-0.2, -0.15) is 0 Å². The van der Waals surface area contributed by atoms with E-state index in [1.165, 1.54) is 42.6 Å². The minimum absolute atomic E-state index is 0.612. The van der Waals surface area contributed by atoms with E-state index < -0.39 is 0 Å². The molecule has 2 aromatic rings. The molecule has 2 saturated carbocycles. The van der Waals surface area contributed by atoms with Gasteiger partial charge in [0.1, 0.15) is 17.3 Å². The fraction of sp³-hybridized carbons (Fsp3) is 0.438. The Labute approximate surface area is 113 Å². The SMILES string of the molecule is Cc1ccccc1-c1nc(C2CC2)n(C2CC2)c1N. The molecule has 0 saturated heterocycles. The third-order valence-electron chi connectivity index (χ3n) is 4.23. The third-order valence-corrected chi connectivity index (χ3v) is 4.23. The van der Waals surface area contributed by atoms with Crippen LogP contribution in [0.15, 0.2) is 24.3 Å². The van der Waals surface area contributed by atoms with Gasteiger partial charge in [-0.05, 0) is 38.2 Å². The van der Waals surface area contributed by atoms with Crippen LogP contribution in [-0.4, -0.2) is 9.55 Å². The van der Waals surface area contributed by atoms with Gasteiger partial charge in [0.2, 0.25) is 0 Å². The van der Waals surface area contributed by atoms with E-state index in [1.54, 1.807) is 0 Å². The van der Waals surface area contributed by atoms with Gasteiger partial charge in [-0.15, -0.1) is 0 Å². The summed E-state index contributed by atoms with van der Waals surface area (Å²) in [4.78, 5) is 4.90. The highest BCUT2D eigenvalue weighted by molar-refractivity contribution is 5.74. The summed E-state index contributed by atoms with van der Waals surface area (Å²) in [5.74, 6) is 2.76. The molecule has 2 N–H and O–H groups in total. The summed E-state index contributed by atoms with van der Waals surface area (Å²) in [6.07, 6.45) is 5.06. The highest BCUT2D eigenvalue weighted by atomic mass is 15.2. The maximum Gasteiger partial charge on any atom is 0.132 e. The lowest BCUT2D eigenvalue weighted by molar-refractivity contribution is 0.691. The second kappa shape index (κ2) is 3.86. The molecule has 3 heteroatoms. The molecule has 2 aliphatic carbocycles. The number of aryl methyl sites for hydroxylation is 1. The van der Waals surface area contributed by atoms with Crippen molar-refractivity contribution in [3.8, 4) is 11.3 Å². The highest BCUT2D eigenvalue weighted by Crippen LogP contribution is 2.48. The summed E-state index contributed by atoms with van der Waals surface area (Å²) in [7, 11) is 0. The second-order valence-corrected chi connectivity index (χ2v) is 5.89. The summed E-state index contributed by atoms with van der Waals surface area (Å²) in [5.41, 5.74) is 9.83. The molecule has 0 unspecified atom stereocenters. The first-order valence-corrected chi connectivity index (χ1v) is 7.19. The molecule has 2 fully saturated rings. The molecular formula is C16H19N3. The van der Waals surface area contributed by atoms with Crippen LogP contribution in [0.2, 0.25) is 0 Å². The summed E-state index contributed by atoms with van der Waals surface area (Å²) < 4.78 is 2.32.